The number of hydrogen-bond acceptors (Lipinski definition) is 4. The zero-order valence-electron chi connectivity index (χ0n) is 18.6. The Labute approximate surface area is 208 Å². The van der Waals surface area contributed by atoms with Crippen LogP contribution in [0.4, 0.5) is 0 Å². The molecule has 3 atom stereocenters. The number of halogens is 1. The van der Waals surface area contributed by atoms with Gasteiger partial charge in [-0.2, -0.15) is 0 Å². The van der Waals surface area contributed by atoms with Crippen LogP contribution in [-0.4, -0.2) is 35.8 Å². The van der Waals surface area contributed by atoms with Gasteiger partial charge < -0.3 is 19.3 Å². The number of aliphatic hydroxyl groups excluding tert-OH is 1. The molecule has 0 spiro atoms. The molecule has 3 aromatic carbocycles. The van der Waals surface area contributed by atoms with E-state index in [0.29, 0.717) is 6.61 Å². The summed E-state index contributed by atoms with van der Waals surface area (Å²) in [6.45, 7) is 4.06. The maximum Gasteiger partial charge on any atom is 0.164 e. The smallest absolute Gasteiger partial charge is 0.164 e. The third-order valence-corrected chi connectivity index (χ3v) is 7.67. The van der Waals surface area contributed by atoms with Crippen molar-refractivity contribution in [2.24, 2.45) is 0 Å². The van der Waals surface area contributed by atoms with Crippen molar-refractivity contribution in [1.82, 2.24) is 0 Å². The van der Waals surface area contributed by atoms with E-state index in [0.717, 1.165) is 25.8 Å². The van der Waals surface area contributed by atoms with Crippen LogP contribution in [0.25, 0.3) is 0 Å². The normalized spacial score (nSPS) is 24.2. The number of hydrogen-bond donors (Lipinski definition) is 1. The van der Waals surface area contributed by atoms with Crippen molar-refractivity contribution in [3.8, 4) is 0 Å². The molecule has 1 fully saturated rings. The lowest BCUT2D eigenvalue weighted by molar-refractivity contribution is -0.153. The third kappa shape index (κ3) is 4.06. The second-order valence-electron chi connectivity index (χ2n) is 8.91. The summed E-state index contributed by atoms with van der Waals surface area (Å²) in [5.74, 6) is -0.742. The first-order chi connectivity index (χ1) is 15.9. The minimum atomic E-state index is -0.828. The Morgan fingerprint density at radius 1 is 0.818 bits per heavy atom. The second kappa shape index (κ2) is 8.96. The second-order valence-corrected chi connectivity index (χ2v) is 10.1. The molecule has 1 heterocycles. The summed E-state index contributed by atoms with van der Waals surface area (Å²) in [4.78, 5) is 0. The van der Waals surface area contributed by atoms with E-state index in [1.54, 1.807) is 0 Å². The lowest BCUT2D eigenvalue weighted by atomic mass is 9.80. The summed E-state index contributed by atoms with van der Waals surface area (Å²) in [5, 5.41) is 10.8. The van der Waals surface area contributed by atoms with E-state index in [4.69, 9.17) is 14.2 Å². The van der Waals surface area contributed by atoms with Crippen LogP contribution in [0.2, 0.25) is 0 Å². The van der Waals surface area contributed by atoms with E-state index in [1.807, 2.05) is 68.4 Å². The average Bonchev–Trinajstić information content (AvgIpc) is 3.27. The lowest BCUT2D eigenvalue weighted by Crippen LogP contribution is -2.35. The quantitative estimate of drug-likeness (QED) is 0.320. The van der Waals surface area contributed by atoms with Crippen LogP contribution in [0, 0.1) is 0 Å². The van der Waals surface area contributed by atoms with Gasteiger partial charge in [0.25, 0.3) is 0 Å². The predicted molar refractivity (Wildman–Crippen MR) is 136 cm³/mol. The summed E-state index contributed by atoms with van der Waals surface area (Å²) in [7, 11) is 0. The van der Waals surface area contributed by atoms with Gasteiger partial charge in [0.2, 0.25) is 0 Å². The predicted octanol–water partition coefficient (Wildman–Crippen LogP) is 5.58. The summed E-state index contributed by atoms with van der Waals surface area (Å²) >= 11 is 2.20. The molecule has 170 valence electrons. The van der Waals surface area contributed by atoms with E-state index in [9.17, 15) is 5.11 Å². The van der Waals surface area contributed by atoms with Crippen molar-refractivity contribution >= 4 is 22.6 Å². The summed E-state index contributed by atoms with van der Waals surface area (Å²) < 4.78 is 20.0. The van der Waals surface area contributed by atoms with Crippen LogP contribution in [0.1, 0.15) is 30.5 Å². The van der Waals surface area contributed by atoms with Crippen molar-refractivity contribution in [2.45, 2.75) is 43.5 Å². The molecule has 5 heteroatoms. The molecule has 1 saturated heterocycles. The van der Waals surface area contributed by atoms with E-state index >= 15 is 0 Å². The standard InChI is InChI=1S/C28H27IO4/c1-27(2)32-25-22(23(29)24(30)26(25)33-27)18-31-28(19-12-6-3-7-13-19,20-14-8-4-9-15-20)21-16-10-5-11-17-21/h3-17,24-26,30H,18H2,1-2H3/t24?,25-,26?/m1/s1. The molecule has 0 saturated carbocycles. The molecule has 1 aliphatic carbocycles. The van der Waals surface area contributed by atoms with E-state index in [1.165, 1.54) is 0 Å². The van der Waals surface area contributed by atoms with Gasteiger partial charge in [0.15, 0.2) is 5.79 Å². The van der Waals surface area contributed by atoms with Gasteiger partial charge >= 0.3 is 0 Å². The molecule has 33 heavy (non-hydrogen) atoms. The number of aliphatic hydroxyl groups is 1. The highest BCUT2D eigenvalue weighted by molar-refractivity contribution is 14.1. The first kappa shape index (κ1) is 22.7. The molecule has 0 bridgehead atoms. The van der Waals surface area contributed by atoms with Crippen LogP contribution >= 0.6 is 22.6 Å². The Balaban J connectivity index is 1.60. The number of fused-ring (bicyclic) bond motifs is 1. The Kier molecular flexibility index (Phi) is 6.18. The van der Waals surface area contributed by atoms with Crippen molar-refractivity contribution in [3.63, 3.8) is 0 Å². The summed E-state index contributed by atoms with van der Waals surface area (Å²) in [6, 6.07) is 30.9. The maximum atomic E-state index is 10.8. The fourth-order valence-electron chi connectivity index (χ4n) is 4.87. The van der Waals surface area contributed by atoms with Gasteiger partial charge in [-0.25, -0.2) is 0 Å². The van der Waals surface area contributed by atoms with Crippen molar-refractivity contribution in [1.29, 1.82) is 0 Å². The van der Waals surface area contributed by atoms with E-state index < -0.39 is 23.6 Å². The van der Waals surface area contributed by atoms with Gasteiger partial charge in [-0.05, 0) is 58.7 Å². The molecule has 1 aliphatic heterocycles. The molecule has 5 rings (SSSR count). The number of rotatable bonds is 6. The Morgan fingerprint density at radius 2 is 1.27 bits per heavy atom. The molecule has 0 radical (unpaired) electrons. The monoisotopic (exact) mass is 554 g/mol. The average molecular weight is 554 g/mol. The summed E-state index contributed by atoms with van der Waals surface area (Å²) in [6.07, 6.45) is -1.46. The van der Waals surface area contributed by atoms with Crippen molar-refractivity contribution in [2.75, 3.05) is 6.61 Å². The third-order valence-electron chi connectivity index (χ3n) is 6.34. The molecular weight excluding hydrogens is 527 g/mol. The van der Waals surface area contributed by atoms with E-state index in [-0.39, 0.29) is 6.10 Å². The van der Waals surface area contributed by atoms with Crippen LogP contribution in [0.3, 0.4) is 0 Å². The van der Waals surface area contributed by atoms with Gasteiger partial charge in [0.1, 0.15) is 23.9 Å². The van der Waals surface area contributed by atoms with Gasteiger partial charge in [-0.3, -0.25) is 0 Å². The highest BCUT2D eigenvalue weighted by atomic mass is 127. The van der Waals surface area contributed by atoms with Crippen molar-refractivity contribution in [3.05, 3.63) is 117 Å². The molecule has 2 aliphatic rings. The largest absolute Gasteiger partial charge is 0.385 e. The molecule has 0 amide bonds. The summed E-state index contributed by atoms with van der Waals surface area (Å²) in [5.41, 5.74) is 3.23. The minimum Gasteiger partial charge on any atom is -0.385 e. The Hall–Kier alpha value is -2.03. The number of ether oxygens (including phenoxy) is 3. The van der Waals surface area contributed by atoms with Crippen molar-refractivity contribution < 1.29 is 19.3 Å². The molecule has 1 N–H and O–H groups in total. The first-order valence-electron chi connectivity index (χ1n) is 11.1. The van der Waals surface area contributed by atoms with Crippen LogP contribution < -0.4 is 0 Å². The molecule has 3 aromatic rings. The van der Waals surface area contributed by atoms with Crippen LogP contribution in [-0.2, 0) is 19.8 Å². The molecule has 2 unspecified atom stereocenters. The zero-order chi connectivity index (χ0) is 23.1. The fourth-order valence-corrected chi connectivity index (χ4v) is 5.68. The lowest BCUT2D eigenvalue weighted by Gasteiger charge is -2.36. The highest BCUT2D eigenvalue weighted by Gasteiger charge is 2.53. The molecular formula is C28H27IO4. The zero-order valence-corrected chi connectivity index (χ0v) is 20.8. The van der Waals surface area contributed by atoms with Crippen LogP contribution in [0.15, 0.2) is 100 Å². The fraction of sp³-hybridized carbons (Fsp3) is 0.286. The van der Waals surface area contributed by atoms with Gasteiger partial charge in [0, 0.05) is 3.58 Å². The number of benzene rings is 3. The molecule has 0 aromatic heterocycles. The van der Waals surface area contributed by atoms with Gasteiger partial charge in [-0.1, -0.05) is 91.0 Å². The first-order valence-corrected chi connectivity index (χ1v) is 12.2. The van der Waals surface area contributed by atoms with Crippen LogP contribution in [0.5, 0.6) is 0 Å². The Morgan fingerprint density at radius 3 is 1.73 bits per heavy atom. The highest BCUT2D eigenvalue weighted by Crippen LogP contribution is 2.46. The van der Waals surface area contributed by atoms with Gasteiger partial charge in [0.05, 0.1) is 6.61 Å². The minimum absolute atomic E-state index is 0.300. The topological polar surface area (TPSA) is 47.9 Å². The molecule has 4 nitrogen and oxygen atoms in total. The Bertz CT molecular complexity index is 1030. The van der Waals surface area contributed by atoms with Gasteiger partial charge in [-0.15, -0.1) is 0 Å². The maximum absolute atomic E-state index is 10.8. The SMILES string of the molecule is CC1(C)OC2C(O)C(I)=C(COC(c3ccccc3)(c3ccccc3)c3ccccc3)[C@H]2O1. The van der Waals surface area contributed by atoms with E-state index in [2.05, 4.69) is 59.0 Å².